The van der Waals surface area contributed by atoms with Gasteiger partial charge in [0.05, 0.1) is 30.1 Å². The van der Waals surface area contributed by atoms with Crippen LogP contribution in [-0.4, -0.2) is 22.7 Å². The monoisotopic (exact) mass is 191 g/mol. The van der Waals surface area contributed by atoms with E-state index in [4.69, 9.17) is 5.73 Å². The number of hydrogen-bond donors (Lipinski definition) is 1. The zero-order valence-electron chi connectivity index (χ0n) is 7.60. The van der Waals surface area contributed by atoms with E-state index >= 15 is 0 Å². The van der Waals surface area contributed by atoms with Crippen molar-refractivity contribution in [2.45, 2.75) is 0 Å². The van der Waals surface area contributed by atoms with Gasteiger partial charge < -0.3 is 10.5 Å². The Labute approximate surface area is 80.1 Å². The van der Waals surface area contributed by atoms with Gasteiger partial charge in [-0.3, -0.25) is 0 Å². The summed E-state index contributed by atoms with van der Waals surface area (Å²) < 4.78 is 6.19. The van der Waals surface area contributed by atoms with E-state index in [1.807, 2.05) is 0 Å². The topological polar surface area (TPSA) is 69.6 Å². The largest absolute Gasteiger partial charge is 0.465 e. The number of carbonyl (C=O) groups excluding carboxylic acids is 1. The Morgan fingerprint density at radius 3 is 3.14 bits per heavy atom. The van der Waals surface area contributed by atoms with Crippen LogP contribution in [0.2, 0.25) is 0 Å². The van der Waals surface area contributed by atoms with Gasteiger partial charge in [0.15, 0.2) is 0 Å². The van der Waals surface area contributed by atoms with E-state index in [9.17, 15) is 4.79 Å². The Balaban J connectivity index is 2.60. The minimum atomic E-state index is -0.381. The van der Waals surface area contributed by atoms with Gasteiger partial charge in [0.1, 0.15) is 0 Å². The van der Waals surface area contributed by atoms with Crippen LogP contribution in [0.3, 0.4) is 0 Å². The maximum atomic E-state index is 11.2. The first-order valence-corrected chi connectivity index (χ1v) is 4.03. The summed E-state index contributed by atoms with van der Waals surface area (Å²) in [5, 5.41) is 3.98. The molecule has 0 saturated carbocycles. The van der Waals surface area contributed by atoms with Gasteiger partial charge >= 0.3 is 5.97 Å². The van der Waals surface area contributed by atoms with Gasteiger partial charge in [-0.1, -0.05) is 0 Å². The fourth-order valence-electron chi connectivity index (χ4n) is 1.24. The number of hydrogen-bond acceptors (Lipinski definition) is 4. The lowest BCUT2D eigenvalue weighted by molar-refractivity contribution is 0.0601. The van der Waals surface area contributed by atoms with Crippen molar-refractivity contribution in [1.82, 2.24) is 9.61 Å². The van der Waals surface area contributed by atoms with Crippen LogP contribution in [0.25, 0.3) is 5.52 Å². The summed E-state index contributed by atoms with van der Waals surface area (Å²) in [6, 6.07) is 3.28. The van der Waals surface area contributed by atoms with E-state index in [0.717, 1.165) is 0 Å². The van der Waals surface area contributed by atoms with E-state index in [1.54, 1.807) is 22.8 Å². The first-order valence-electron chi connectivity index (χ1n) is 4.03. The molecule has 14 heavy (non-hydrogen) atoms. The van der Waals surface area contributed by atoms with Crippen LogP contribution in [-0.2, 0) is 4.74 Å². The normalized spacial score (nSPS) is 10.4. The maximum Gasteiger partial charge on any atom is 0.337 e. The quantitative estimate of drug-likeness (QED) is 0.674. The van der Waals surface area contributed by atoms with Crippen LogP contribution in [0, 0.1) is 0 Å². The second-order valence-electron chi connectivity index (χ2n) is 2.84. The predicted octanol–water partition coefficient (Wildman–Crippen LogP) is 0.703. The molecule has 0 saturated heterocycles. The van der Waals surface area contributed by atoms with Crippen molar-refractivity contribution in [2.75, 3.05) is 12.8 Å². The molecule has 0 atom stereocenters. The Bertz CT molecular complexity index is 490. The third-order valence-corrected chi connectivity index (χ3v) is 1.97. The molecule has 2 aromatic rings. The molecule has 2 rings (SSSR count). The number of pyridine rings is 1. The van der Waals surface area contributed by atoms with Crippen LogP contribution in [0.4, 0.5) is 5.69 Å². The maximum absolute atomic E-state index is 11.2. The average molecular weight is 191 g/mol. The molecule has 0 amide bonds. The molecule has 5 heteroatoms. The van der Waals surface area contributed by atoms with E-state index in [0.29, 0.717) is 16.8 Å². The summed E-state index contributed by atoms with van der Waals surface area (Å²) in [6.45, 7) is 0. The molecule has 0 fully saturated rings. The molecule has 0 radical (unpaired) electrons. The summed E-state index contributed by atoms with van der Waals surface area (Å²) >= 11 is 0. The van der Waals surface area contributed by atoms with Crippen molar-refractivity contribution in [3.05, 3.63) is 30.1 Å². The highest BCUT2D eigenvalue weighted by Crippen LogP contribution is 2.14. The number of rotatable bonds is 1. The molecule has 0 aromatic carbocycles. The molecule has 0 unspecified atom stereocenters. The summed E-state index contributed by atoms with van der Waals surface area (Å²) in [6.07, 6.45) is 3.20. The van der Waals surface area contributed by atoms with Crippen molar-refractivity contribution >= 4 is 17.2 Å². The highest BCUT2D eigenvalue weighted by Gasteiger charge is 2.07. The van der Waals surface area contributed by atoms with E-state index in [-0.39, 0.29) is 5.97 Å². The van der Waals surface area contributed by atoms with Crippen molar-refractivity contribution in [1.29, 1.82) is 0 Å². The molecule has 0 aliphatic rings. The zero-order chi connectivity index (χ0) is 10.1. The standard InChI is InChI=1S/C9H9N3O2/c1-14-9(13)6-2-3-12-8(4-6)7(10)5-11-12/h2-5H,10H2,1H3. The Hall–Kier alpha value is -2.04. The number of methoxy groups -OCH3 is 1. The van der Waals surface area contributed by atoms with Crippen LogP contribution < -0.4 is 5.73 Å². The second-order valence-corrected chi connectivity index (χ2v) is 2.84. The number of anilines is 1. The molecule has 2 heterocycles. The third-order valence-electron chi connectivity index (χ3n) is 1.97. The van der Waals surface area contributed by atoms with Gasteiger partial charge in [-0.05, 0) is 12.1 Å². The molecule has 0 aliphatic heterocycles. The molecule has 72 valence electrons. The minimum Gasteiger partial charge on any atom is -0.465 e. The van der Waals surface area contributed by atoms with E-state index in [1.165, 1.54) is 13.3 Å². The summed E-state index contributed by atoms with van der Waals surface area (Å²) in [5.41, 5.74) is 7.36. The number of nitrogens with zero attached hydrogens (tertiary/aromatic N) is 2. The van der Waals surface area contributed by atoms with Crippen LogP contribution >= 0.6 is 0 Å². The molecule has 5 nitrogen and oxygen atoms in total. The van der Waals surface area contributed by atoms with Crippen LogP contribution in [0.15, 0.2) is 24.5 Å². The SMILES string of the molecule is COC(=O)c1ccn2ncc(N)c2c1. The molecular weight excluding hydrogens is 182 g/mol. The molecular formula is C9H9N3O2. The Morgan fingerprint density at radius 1 is 1.64 bits per heavy atom. The van der Waals surface area contributed by atoms with E-state index in [2.05, 4.69) is 9.84 Å². The number of esters is 1. The predicted molar refractivity (Wildman–Crippen MR) is 50.9 cm³/mol. The Kier molecular flexibility index (Phi) is 1.85. The zero-order valence-corrected chi connectivity index (χ0v) is 7.60. The lowest BCUT2D eigenvalue weighted by Gasteiger charge is -1.99. The van der Waals surface area contributed by atoms with Gasteiger partial charge in [0, 0.05) is 6.20 Å². The van der Waals surface area contributed by atoms with Crippen molar-refractivity contribution in [3.8, 4) is 0 Å². The Morgan fingerprint density at radius 2 is 2.43 bits per heavy atom. The number of fused-ring (bicyclic) bond motifs is 1. The highest BCUT2D eigenvalue weighted by molar-refractivity contribution is 5.91. The number of nitrogens with two attached hydrogens (primary N) is 1. The number of aromatic nitrogens is 2. The van der Waals surface area contributed by atoms with Crippen LogP contribution in [0.1, 0.15) is 10.4 Å². The summed E-state index contributed by atoms with van der Waals surface area (Å²) in [4.78, 5) is 11.2. The highest BCUT2D eigenvalue weighted by atomic mass is 16.5. The third kappa shape index (κ3) is 1.19. The number of nitrogen functional groups attached to an aromatic ring is 1. The first-order chi connectivity index (χ1) is 6.72. The molecule has 0 bridgehead atoms. The van der Waals surface area contributed by atoms with Gasteiger partial charge in [-0.25, -0.2) is 9.31 Å². The second kappa shape index (κ2) is 3.02. The van der Waals surface area contributed by atoms with Crippen molar-refractivity contribution < 1.29 is 9.53 Å². The number of carbonyl (C=O) groups is 1. The lowest BCUT2D eigenvalue weighted by atomic mass is 10.2. The number of ether oxygens (including phenoxy) is 1. The summed E-state index contributed by atoms with van der Waals surface area (Å²) in [5.74, 6) is -0.381. The van der Waals surface area contributed by atoms with Crippen LogP contribution in [0.5, 0.6) is 0 Å². The lowest BCUT2D eigenvalue weighted by Crippen LogP contribution is -2.02. The van der Waals surface area contributed by atoms with Gasteiger partial charge in [0.25, 0.3) is 0 Å². The van der Waals surface area contributed by atoms with Gasteiger partial charge in [-0.15, -0.1) is 0 Å². The first kappa shape index (κ1) is 8.55. The van der Waals surface area contributed by atoms with Gasteiger partial charge in [0.2, 0.25) is 0 Å². The van der Waals surface area contributed by atoms with Crippen molar-refractivity contribution in [3.63, 3.8) is 0 Å². The fraction of sp³-hybridized carbons (Fsp3) is 0.111. The molecule has 0 spiro atoms. The minimum absolute atomic E-state index is 0.381. The fourth-order valence-corrected chi connectivity index (χ4v) is 1.24. The van der Waals surface area contributed by atoms with Gasteiger partial charge in [-0.2, -0.15) is 5.10 Å². The van der Waals surface area contributed by atoms with E-state index < -0.39 is 0 Å². The average Bonchev–Trinajstić information content (AvgIpc) is 2.59. The molecule has 2 aromatic heterocycles. The summed E-state index contributed by atoms with van der Waals surface area (Å²) in [7, 11) is 1.34. The molecule has 0 aliphatic carbocycles. The molecule has 2 N–H and O–H groups in total. The van der Waals surface area contributed by atoms with Crippen molar-refractivity contribution in [2.24, 2.45) is 0 Å². The smallest absolute Gasteiger partial charge is 0.337 e.